The van der Waals surface area contributed by atoms with Crippen molar-refractivity contribution in [3.05, 3.63) is 42.0 Å². The molecule has 5 heteroatoms. The van der Waals surface area contributed by atoms with Crippen molar-refractivity contribution in [3.8, 4) is 0 Å². The van der Waals surface area contributed by atoms with E-state index in [1.54, 1.807) is 12.1 Å². The fourth-order valence-electron chi connectivity index (χ4n) is 1.73. The van der Waals surface area contributed by atoms with E-state index >= 15 is 0 Å². The summed E-state index contributed by atoms with van der Waals surface area (Å²) >= 11 is 0. The van der Waals surface area contributed by atoms with Gasteiger partial charge in [-0.25, -0.2) is 0 Å². The fourth-order valence-corrected chi connectivity index (χ4v) is 2.21. The Morgan fingerprint density at radius 1 is 1.21 bits per heavy atom. The van der Waals surface area contributed by atoms with Crippen molar-refractivity contribution >= 4 is 10.1 Å². The standard InChI is InChI=1S/C7H8O3S.C7H12O/c1-6-2-4-7(5-3-6)11(8,9)10;8-6-7-4-2-1-3-5-7/h2-5H,1H3,(H,8,9,10);1-2,7-8H,3-6H2. The average molecular weight is 284 g/mol. The van der Waals surface area contributed by atoms with Crippen molar-refractivity contribution in [2.24, 2.45) is 5.92 Å². The summed E-state index contributed by atoms with van der Waals surface area (Å²) < 4.78 is 29.6. The highest BCUT2D eigenvalue weighted by molar-refractivity contribution is 7.85. The molecule has 0 amide bonds. The number of rotatable bonds is 2. The Balaban J connectivity index is 0.000000200. The molecule has 2 rings (SSSR count). The topological polar surface area (TPSA) is 74.6 Å². The van der Waals surface area contributed by atoms with Gasteiger partial charge in [0.05, 0.1) is 4.90 Å². The molecule has 1 unspecified atom stereocenters. The Bertz CT molecular complexity index is 503. The predicted molar refractivity (Wildman–Crippen MR) is 74.6 cm³/mol. The first-order chi connectivity index (χ1) is 8.93. The summed E-state index contributed by atoms with van der Waals surface area (Å²) in [5, 5.41) is 8.66. The van der Waals surface area contributed by atoms with Gasteiger partial charge in [0.2, 0.25) is 0 Å². The molecule has 1 aliphatic carbocycles. The Hall–Kier alpha value is -1.17. The average Bonchev–Trinajstić information content (AvgIpc) is 2.40. The SMILES string of the molecule is Cc1ccc(S(=O)(=O)O)cc1.OCC1CC=CCC1. The van der Waals surface area contributed by atoms with E-state index in [9.17, 15) is 8.42 Å². The van der Waals surface area contributed by atoms with E-state index in [1.807, 2.05) is 6.92 Å². The predicted octanol–water partition coefficient (Wildman–Crippen LogP) is 2.58. The molecule has 0 aromatic heterocycles. The number of aryl methyl sites for hydroxylation is 1. The molecule has 106 valence electrons. The Morgan fingerprint density at radius 2 is 1.84 bits per heavy atom. The summed E-state index contributed by atoms with van der Waals surface area (Å²) in [6.07, 6.45) is 7.76. The van der Waals surface area contributed by atoms with Crippen molar-refractivity contribution < 1.29 is 18.1 Å². The van der Waals surface area contributed by atoms with Gasteiger partial charge in [0, 0.05) is 6.61 Å². The van der Waals surface area contributed by atoms with Crippen LogP contribution >= 0.6 is 0 Å². The van der Waals surface area contributed by atoms with Crippen LogP contribution in [0.4, 0.5) is 0 Å². The molecule has 1 aromatic carbocycles. The lowest BCUT2D eigenvalue weighted by molar-refractivity contribution is 0.217. The number of allylic oxidation sites excluding steroid dienone is 2. The van der Waals surface area contributed by atoms with Crippen LogP contribution < -0.4 is 0 Å². The van der Waals surface area contributed by atoms with Gasteiger partial charge in [-0.3, -0.25) is 4.55 Å². The van der Waals surface area contributed by atoms with Crippen LogP contribution in [0, 0.1) is 12.8 Å². The van der Waals surface area contributed by atoms with Crippen LogP contribution in [0.15, 0.2) is 41.3 Å². The third kappa shape index (κ3) is 6.00. The number of hydrogen-bond acceptors (Lipinski definition) is 3. The second-order valence-electron chi connectivity index (χ2n) is 4.62. The van der Waals surface area contributed by atoms with E-state index in [0.29, 0.717) is 12.5 Å². The zero-order valence-electron chi connectivity index (χ0n) is 11.0. The molecule has 0 saturated heterocycles. The van der Waals surface area contributed by atoms with Crippen molar-refractivity contribution in [3.63, 3.8) is 0 Å². The van der Waals surface area contributed by atoms with Crippen LogP contribution in [0.2, 0.25) is 0 Å². The molecule has 0 saturated carbocycles. The molecule has 0 radical (unpaired) electrons. The molecule has 4 nitrogen and oxygen atoms in total. The molecule has 0 aliphatic heterocycles. The van der Waals surface area contributed by atoms with E-state index in [1.165, 1.54) is 18.6 Å². The maximum absolute atomic E-state index is 10.5. The van der Waals surface area contributed by atoms with Gasteiger partial charge in [0.25, 0.3) is 10.1 Å². The van der Waals surface area contributed by atoms with Crippen LogP contribution in [0.1, 0.15) is 24.8 Å². The Labute approximate surface area is 114 Å². The van der Waals surface area contributed by atoms with Gasteiger partial charge in [-0.15, -0.1) is 0 Å². The maximum Gasteiger partial charge on any atom is 0.294 e. The van der Waals surface area contributed by atoms with Gasteiger partial charge in [-0.2, -0.15) is 8.42 Å². The minimum absolute atomic E-state index is 0.0666. The lowest BCUT2D eigenvalue weighted by atomic mass is 9.96. The zero-order chi connectivity index (χ0) is 14.3. The molecule has 1 aromatic rings. The van der Waals surface area contributed by atoms with Gasteiger partial charge in [0.15, 0.2) is 0 Å². The minimum Gasteiger partial charge on any atom is -0.396 e. The van der Waals surface area contributed by atoms with Crippen LogP contribution in [-0.4, -0.2) is 24.7 Å². The summed E-state index contributed by atoms with van der Waals surface area (Å²) in [6.45, 7) is 2.21. The van der Waals surface area contributed by atoms with Crippen LogP contribution in [-0.2, 0) is 10.1 Å². The molecular formula is C14H20O4S. The molecule has 0 heterocycles. The van der Waals surface area contributed by atoms with E-state index < -0.39 is 10.1 Å². The summed E-state index contributed by atoms with van der Waals surface area (Å²) in [5.41, 5.74) is 0.956. The molecule has 19 heavy (non-hydrogen) atoms. The first kappa shape index (κ1) is 15.9. The summed E-state index contributed by atoms with van der Waals surface area (Å²) in [6, 6.07) is 5.99. The third-order valence-electron chi connectivity index (χ3n) is 2.95. The monoisotopic (exact) mass is 284 g/mol. The number of aliphatic hydroxyl groups is 1. The Kier molecular flexibility index (Phi) is 6.21. The molecule has 2 N–H and O–H groups in total. The highest BCUT2D eigenvalue weighted by atomic mass is 32.2. The number of benzene rings is 1. The molecule has 1 atom stereocenters. The quantitative estimate of drug-likeness (QED) is 0.646. The van der Waals surface area contributed by atoms with Gasteiger partial charge >= 0.3 is 0 Å². The van der Waals surface area contributed by atoms with Gasteiger partial charge in [-0.1, -0.05) is 29.8 Å². The lowest BCUT2D eigenvalue weighted by Crippen LogP contribution is -2.06. The second kappa shape index (κ2) is 7.43. The molecule has 0 bridgehead atoms. The second-order valence-corrected chi connectivity index (χ2v) is 6.04. The first-order valence-corrected chi connectivity index (χ1v) is 7.67. The lowest BCUT2D eigenvalue weighted by Gasteiger charge is -2.13. The molecular weight excluding hydrogens is 264 g/mol. The van der Waals surface area contributed by atoms with Crippen molar-refractivity contribution in [1.82, 2.24) is 0 Å². The fraction of sp³-hybridized carbons (Fsp3) is 0.429. The van der Waals surface area contributed by atoms with Crippen molar-refractivity contribution in [1.29, 1.82) is 0 Å². The normalized spacial score (nSPS) is 18.6. The summed E-state index contributed by atoms with van der Waals surface area (Å²) in [7, 11) is -4.02. The highest BCUT2D eigenvalue weighted by Crippen LogP contribution is 2.16. The van der Waals surface area contributed by atoms with Crippen molar-refractivity contribution in [2.75, 3.05) is 6.61 Å². The van der Waals surface area contributed by atoms with Crippen LogP contribution in [0.5, 0.6) is 0 Å². The zero-order valence-corrected chi connectivity index (χ0v) is 11.8. The van der Waals surface area contributed by atoms with E-state index in [-0.39, 0.29) is 4.90 Å². The molecule has 0 fully saturated rings. The molecule has 1 aliphatic rings. The largest absolute Gasteiger partial charge is 0.396 e. The smallest absolute Gasteiger partial charge is 0.294 e. The number of aliphatic hydroxyl groups excluding tert-OH is 1. The van der Waals surface area contributed by atoms with E-state index in [4.69, 9.17) is 9.66 Å². The van der Waals surface area contributed by atoms with Crippen LogP contribution in [0.3, 0.4) is 0 Å². The van der Waals surface area contributed by atoms with Crippen molar-refractivity contribution in [2.45, 2.75) is 31.1 Å². The Morgan fingerprint density at radius 3 is 2.21 bits per heavy atom. The van der Waals surface area contributed by atoms with Gasteiger partial charge in [0.1, 0.15) is 0 Å². The molecule has 0 spiro atoms. The maximum atomic E-state index is 10.5. The summed E-state index contributed by atoms with van der Waals surface area (Å²) in [4.78, 5) is -0.0666. The van der Waals surface area contributed by atoms with Crippen LogP contribution in [0.25, 0.3) is 0 Å². The van der Waals surface area contributed by atoms with E-state index in [2.05, 4.69) is 12.2 Å². The third-order valence-corrected chi connectivity index (χ3v) is 3.82. The highest BCUT2D eigenvalue weighted by Gasteiger charge is 2.07. The van der Waals surface area contributed by atoms with Gasteiger partial charge in [-0.05, 0) is 44.2 Å². The van der Waals surface area contributed by atoms with Gasteiger partial charge < -0.3 is 5.11 Å². The summed E-state index contributed by atoms with van der Waals surface area (Å²) in [5.74, 6) is 0.556. The number of hydrogen-bond donors (Lipinski definition) is 2. The minimum atomic E-state index is -4.02. The first-order valence-electron chi connectivity index (χ1n) is 6.23. The van der Waals surface area contributed by atoms with E-state index in [0.717, 1.165) is 18.4 Å².